The number of benzene rings is 2. The van der Waals surface area contributed by atoms with Gasteiger partial charge in [0.05, 0.1) is 16.7 Å². The number of alkyl halides is 1. The molecule has 1 heterocycles. The quantitative estimate of drug-likeness (QED) is 0.335. The molecule has 5 heteroatoms. The van der Waals surface area contributed by atoms with Gasteiger partial charge in [0.2, 0.25) is 0 Å². The molecule has 0 saturated carbocycles. The summed E-state index contributed by atoms with van der Waals surface area (Å²) >= 11 is 7.61. The number of para-hydroxylation sites is 2. The molecule has 0 aliphatic rings. The van der Waals surface area contributed by atoms with Gasteiger partial charge >= 0.3 is 0 Å². The molecule has 1 N–H and O–H groups in total. The van der Waals surface area contributed by atoms with Crippen LogP contribution in [0.3, 0.4) is 0 Å². The zero-order chi connectivity index (χ0) is 15.2. The number of pyridine rings is 1. The second kappa shape index (κ2) is 9.21. The summed E-state index contributed by atoms with van der Waals surface area (Å²) in [5, 5.41) is 6.00. The summed E-state index contributed by atoms with van der Waals surface area (Å²) in [5.41, 5.74) is 3.28. The van der Waals surface area contributed by atoms with Crippen LogP contribution in [0, 0.1) is 0 Å². The zero-order valence-electron chi connectivity index (χ0n) is 12.8. The fourth-order valence-electron chi connectivity index (χ4n) is 2.57. The normalized spacial score (nSPS) is 10.7. The van der Waals surface area contributed by atoms with E-state index in [-0.39, 0.29) is 12.4 Å². The molecule has 2 nitrogen and oxygen atoms in total. The van der Waals surface area contributed by atoms with Crippen molar-refractivity contribution in [1.82, 2.24) is 4.98 Å². The van der Waals surface area contributed by atoms with Gasteiger partial charge in [0.15, 0.2) is 0 Å². The number of rotatable bonds is 7. The molecular formula is C18H20Cl2N2S. The number of hydrogen-bond donors (Lipinski definition) is 1. The van der Waals surface area contributed by atoms with Gasteiger partial charge in [-0.1, -0.05) is 36.4 Å². The fourth-order valence-corrected chi connectivity index (χ4v) is 3.56. The van der Waals surface area contributed by atoms with Crippen molar-refractivity contribution in [2.24, 2.45) is 0 Å². The number of nitrogens with zero attached hydrogens (tertiary/aromatic N) is 1. The predicted molar refractivity (Wildman–Crippen MR) is 108 cm³/mol. The minimum atomic E-state index is 0. The lowest BCUT2D eigenvalue weighted by Gasteiger charge is -2.13. The molecule has 0 spiro atoms. The highest BCUT2D eigenvalue weighted by Gasteiger charge is 2.07. The first kappa shape index (κ1) is 18.2. The van der Waals surface area contributed by atoms with E-state index in [4.69, 9.17) is 16.6 Å². The van der Waals surface area contributed by atoms with Gasteiger partial charge in [-0.15, -0.1) is 24.0 Å². The van der Waals surface area contributed by atoms with Crippen molar-refractivity contribution in [2.45, 2.75) is 6.42 Å². The zero-order valence-corrected chi connectivity index (χ0v) is 15.2. The van der Waals surface area contributed by atoms with Crippen molar-refractivity contribution in [3.63, 3.8) is 0 Å². The SMILES string of the molecule is Cl.ClCCSCCCNc1c2ccccc2nc2ccccc12. The maximum Gasteiger partial charge on any atom is 0.0730 e. The average molecular weight is 367 g/mol. The summed E-state index contributed by atoms with van der Waals surface area (Å²) in [4.78, 5) is 4.75. The number of aromatic nitrogens is 1. The van der Waals surface area contributed by atoms with Gasteiger partial charge in [0.25, 0.3) is 0 Å². The van der Waals surface area contributed by atoms with Crippen LogP contribution in [0.1, 0.15) is 6.42 Å². The Kier molecular flexibility index (Phi) is 7.28. The molecule has 0 aliphatic carbocycles. The Labute approximate surface area is 152 Å². The lowest BCUT2D eigenvalue weighted by atomic mass is 10.1. The van der Waals surface area contributed by atoms with E-state index < -0.39 is 0 Å². The molecule has 0 saturated heterocycles. The van der Waals surface area contributed by atoms with Crippen molar-refractivity contribution in [3.8, 4) is 0 Å². The highest BCUT2D eigenvalue weighted by atomic mass is 35.5. The molecule has 0 aliphatic heterocycles. The summed E-state index contributed by atoms with van der Waals surface area (Å²) in [6.07, 6.45) is 1.13. The third kappa shape index (κ3) is 4.43. The lowest BCUT2D eigenvalue weighted by molar-refractivity contribution is 0.995. The van der Waals surface area contributed by atoms with Gasteiger partial charge in [-0.25, -0.2) is 4.98 Å². The van der Waals surface area contributed by atoms with Crippen molar-refractivity contribution < 1.29 is 0 Å². The van der Waals surface area contributed by atoms with Crippen LogP contribution in [0.5, 0.6) is 0 Å². The van der Waals surface area contributed by atoms with Gasteiger partial charge in [0, 0.05) is 29.0 Å². The molecule has 3 rings (SSSR count). The lowest BCUT2D eigenvalue weighted by Crippen LogP contribution is -2.04. The Balaban J connectivity index is 0.00000192. The van der Waals surface area contributed by atoms with Crippen LogP contribution in [0.4, 0.5) is 5.69 Å². The molecule has 3 aromatic rings. The second-order valence-corrected chi connectivity index (χ2v) is 6.71. The summed E-state index contributed by atoms with van der Waals surface area (Å²) in [6.45, 7) is 0.966. The van der Waals surface area contributed by atoms with Gasteiger partial charge in [-0.2, -0.15) is 11.8 Å². The van der Waals surface area contributed by atoms with Gasteiger partial charge < -0.3 is 5.32 Å². The number of anilines is 1. The standard InChI is InChI=1S/C18H19ClN2S.ClH/c19-10-13-22-12-5-11-20-18-14-6-1-3-8-16(14)21-17-9-4-2-7-15(17)18;/h1-4,6-9H,5,10-13H2,(H,20,21);1H. The minimum absolute atomic E-state index is 0. The monoisotopic (exact) mass is 366 g/mol. The van der Waals surface area contributed by atoms with E-state index in [1.807, 2.05) is 23.9 Å². The molecule has 0 unspecified atom stereocenters. The third-order valence-electron chi connectivity index (χ3n) is 3.58. The van der Waals surface area contributed by atoms with Gasteiger partial charge in [-0.05, 0) is 24.3 Å². The molecule has 0 atom stereocenters. The highest BCUT2D eigenvalue weighted by molar-refractivity contribution is 7.99. The largest absolute Gasteiger partial charge is 0.384 e. The van der Waals surface area contributed by atoms with E-state index >= 15 is 0 Å². The molecule has 122 valence electrons. The molecule has 0 bridgehead atoms. The van der Waals surface area contributed by atoms with Crippen molar-refractivity contribution in [2.75, 3.05) is 29.2 Å². The molecule has 0 radical (unpaired) electrons. The summed E-state index contributed by atoms with van der Waals surface area (Å²) in [6, 6.07) is 16.6. The Morgan fingerprint density at radius 1 is 0.913 bits per heavy atom. The van der Waals surface area contributed by atoms with Crippen LogP contribution in [0.15, 0.2) is 48.5 Å². The molecule has 0 amide bonds. The third-order valence-corrected chi connectivity index (χ3v) is 5.06. The summed E-state index contributed by atoms with van der Waals surface area (Å²) in [7, 11) is 0. The molecule has 0 fully saturated rings. The number of nitrogens with one attached hydrogen (secondary N) is 1. The maximum absolute atomic E-state index is 5.70. The highest BCUT2D eigenvalue weighted by Crippen LogP contribution is 2.30. The van der Waals surface area contributed by atoms with E-state index in [0.29, 0.717) is 0 Å². The van der Waals surface area contributed by atoms with Crippen LogP contribution in [0.25, 0.3) is 21.8 Å². The van der Waals surface area contributed by atoms with E-state index in [9.17, 15) is 0 Å². The number of thioether (sulfide) groups is 1. The molecular weight excluding hydrogens is 347 g/mol. The second-order valence-electron chi connectivity index (χ2n) is 5.10. The predicted octanol–water partition coefficient (Wildman–Crippen LogP) is 5.58. The molecule has 23 heavy (non-hydrogen) atoms. The Hall–Kier alpha value is -1.16. The Bertz CT molecular complexity index is 710. The van der Waals surface area contributed by atoms with Crippen LogP contribution in [-0.2, 0) is 0 Å². The van der Waals surface area contributed by atoms with Crippen LogP contribution < -0.4 is 5.32 Å². The first-order chi connectivity index (χ1) is 10.9. The number of halogens is 2. The average Bonchev–Trinajstić information content (AvgIpc) is 2.57. The number of fused-ring (bicyclic) bond motifs is 2. The van der Waals surface area contributed by atoms with E-state index in [0.717, 1.165) is 41.4 Å². The van der Waals surface area contributed by atoms with Gasteiger partial charge in [0.1, 0.15) is 0 Å². The fraction of sp³-hybridized carbons (Fsp3) is 0.278. The van der Waals surface area contributed by atoms with Crippen LogP contribution in [0.2, 0.25) is 0 Å². The minimum Gasteiger partial charge on any atom is -0.384 e. The summed E-state index contributed by atoms with van der Waals surface area (Å²) < 4.78 is 0. The Morgan fingerprint density at radius 2 is 1.52 bits per heavy atom. The van der Waals surface area contributed by atoms with Gasteiger partial charge in [-0.3, -0.25) is 0 Å². The van der Waals surface area contributed by atoms with Crippen molar-refractivity contribution in [1.29, 1.82) is 0 Å². The van der Waals surface area contributed by atoms with E-state index in [1.165, 1.54) is 16.5 Å². The molecule has 2 aromatic carbocycles. The first-order valence-corrected chi connectivity index (χ1v) is 9.24. The van der Waals surface area contributed by atoms with Crippen molar-refractivity contribution >= 4 is 63.3 Å². The summed E-state index contributed by atoms with van der Waals surface area (Å²) in [5.74, 6) is 2.90. The van der Waals surface area contributed by atoms with Crippen LogP contribution in [-0.4, -0.2) is 28.9 Å². The topological polar surface area (TPSA) is 24.9 Å². The Morgan fingerprint density at radius 3 is 2.13 bits per heavy atom. The van der Waals surface area contributed by atoms with E-state index in [1.54, 1.807) is 0 Å². The smallest absolute Gasteiger partial charge is 0.0730 e. The maximum atomic E-state index is 5.70. The van der Waals surface area contributed by atoms with Crippen molar-refractivity contribution in [3.05, 3.63) is 48.5 Å². The first-order valence-electron chi connectivity index (χ1n) is 7.55. The van der Waals surface area contributed by atoms with E-state index in [2.05, 4.69) is 41.7 Å². The number of hydrogen-bond acceptors (Lipinski definition) is 3. The molecule has 1 aromatic heterocycles. The van der Waals surface area contributed by atoms with Crippen LogP contribution >= 0.6 is 35.8 Å².